The largest absolute Gasteiger partial charge is 0.348 e. The van der Waals surface area contributed by atoms with Crippen molar-refractivity contribution in [1.82, 2.24) is 10.3 Å². The molecular formula is C23H18N2O3S. The van der Waals surface area contributed by atoms with E-state index in [0.717, 1.165) is 16.3 Å². The average Bonchev–Trinajstić information content (AvgIpc) is 2.78. The van der Waals surface area contributed by atoms with Gasteiger partial charge in [-0.25, -0.2) is 8.42 Å². The lowest BCUT2D eigenvalue weighted by Gasteiger charge is -2.08. The fourth-order valence-corrected chi connectivity index (χ4v) is 4.31. The van der Waals surface area contributed by atoms with Crippen molar-refractivity contribution in [2.75, 3.05) is 0 Å². The normalized spacial score (nSPS) is 11.3. The lowest BCUT2D eigenvalue weighted by molar-refractivity contribution is 0.0951. The molecule has 0 bridgehead atoms. The van der Waals surface area contributed by atoms with Crippen LogP contribution in [0.15, 0.2) is 101 Å². The van der Waals surface area contributed by atoms with Crippen LogP contribution in [0.2, 0.25) is 0 Å². The van der Waals surface area contributed by atoms with Gasteiger partial charge in [0, 0.05) is 29.9 Å². The molecule has 1 heterocycles. The molecule has 0 fully saturated rings. The van der Waals surface area contributed by atoms with Gasteiger partial charge in [0.25, 0.3) is 5.91 Å². The summed E-state index contributed by atoms with van der Waals surface area (Å²) in [6, 6.07) is 22.2. The summed E-state index contributed by atoms with van der Waals surface area (Å²) in [7, 11) is -3.54. The fourth-order valence-electron chi connectivity index (χ4n) is 3.03. The lowest BCUT2D eigenvalue weighted by atomic mass is 10.1. The Morgan fingerprint density at radius 2 is 1.55 bits per heavy atom. The van der Waals surface area contributed by atoms with Crippen molar-refractivity contribution in [3.05, 3.63) is 102 Å². The van der Waals surface area contributed by atoms with Crippen LogP contribution < -0.4 is 5.32 Å². The zero-order valence-corrected chi connectivity index (χ0v) is 16.3. The van der Waals surface area contributed by atoms with E-state index >= 15 is 0 Å². The maximum atomic E-state index is 12.6. The highest BCUT2D eigenvalue weighted by Crippen LogP contribution is 2.21. The van der Waals surface area contributed by atoms with Crippen LogP contribution in [0.3, 0.4) is 0 Å². The molecule has 0 saturated heterocycles. The van der Waals surface area contributed by atoms with E-state index in [9.17, 15) is 13.2 Å². The standard InChI is InChI=1S/C23H18N2O3S/c26-23(19-9-8-18-12-13-24-16-20(18)14-19)25-15-17-6-10-22(11-7-17)29(27,28)21-4-2-1-3-5-21/h1-14,16H,15H2,(H,25,26). The van der Waals surface area contributed by atoms with E-state index in [4.69, 9.17) is 0 Å². The number of pyridine rings is 1. The maximum absolute atomic E-state index is 12.6. The second-order valence-electron chi connectivity index (χ2n) is 6.58. The van der Waals surface area contributed by atoms with Gasteiger partial charge < -0.3 is 5.32 Å². The minimum Gasteiger partial charge on any atom is -0.348 e. The number of amides is 1. The zero-order valence-electron chi connectivity index (χ0n) is 15.4. The van der Waals surface area contributed by atoms with Gasteiger partial charge in [0.15, 0.2) is 0 Å². The number of hydrogen-bond donors (Lipinski definition) is 1. The van der Waals surface area contributed by atoms with Crippen LogP contribution in [0.4, 0.5) is 0 Å². The van der Waals surface area contributed by atoms with Gasteiger partial charge in [-0.05, 0) is 53.4 Å². The van der Waals surface area contributed by atoms with Gasteiger partial charge in [-0.1, -0.05) is 36.4 Å². The van der Waals surface area contributed by atoms with Crippen LogP contribution in [-0.4, -0.2) is 19.3 Å². The van der Waals surface area contributed by atoms with Crippen LogP contribution in [0.1, 0.15) is 15.9 Å². The smallest absolute Gasteiger partial charge is 0.251 e. The van der Waals surface area contributed by atoms with Crippen molar-refractivity contribution >= 4 is 26.5 Å². The molecule has 4 rings (SSSR count). The third kappa shape index (κ3) is 4.02. The highest BCUT2D eigenvalue weighted by molar-refractivity contribution is 7.91. The number of sulfone groups is 1. The summed E-state index contributed by atoms with van der Waals surface area (Å²) < 4.78 is 25.3. The zero-order chi connectivity index (χ0) is 20.3. The number of carbonyl (C=O) groups excluding carboxylic acids is 1. The molecule has 4 aromatic rings. The lowest BCUT2D eigenvalue weighted by Crippen LogP contribution is -2.22. The quantitative estimate of drug-likeness (QED) is 0.547. The van der Waals surface area contributed by atoms with E-state index in [-0.39, 0.29) is 15.7 Å². The third-order valence-electron chi connectivity index (χ3n) is 4.64. The maximum Gasteiger partial charge on any atom is 0.251 e. The van der Waals surface area contributed by atoms with Crippen molar-refractivity contribution in [2.45, 2.75) is 16.3 Å². The Balaban J connectivity index is 1.45. The van der Waals surface area contributed by atoms with E-state index in [0.29, 0.717) is 12.1 Å². The highest BCUT2D eigenvalue weighted by Gasteiger charge is 2.16. The molecule has 1 aromatic heterocycles. The van der Waals surface area contributed by atoms with Gasteiger partial charge >= 0.3 is 0 Å². The van der Waals surface area contributed by atoms with Gasteiger partial charge in [-0.3, -0.25) is 9.78 Å². The van der Waals surface area contributed by atoms with Crippen LogP contribution in [-0.2, 0) is 16.4 Å². The molecule has 0 unspecified atom stereocenters. The first kappa shape index (κ1) is 18.8. The Kier molecular flexibility index (Phi) is 5.10. The summed E-state index contributed by atoms with van der Waals surface area (Å²) in [5.41, 5.74) is 1.36. The summed E-state index contributed by atoms with van der Waals surface area (Å²) in [5.74, 6) is -0.197. The molecular weight excluding hydrogens is 384 g/mol. The molecule has 0 aliphatic rings. The fraction of sp³-hybridized carbons (Fsp3) is 0.0435. The third-order valence-corrected chi connectivity index (χ3v) is 6.43. The Morgan fingerprint density at radius 1 is 0.828 bits per heavy atom. The molecule has 0 aliphatic heterocycles. The van der Waals surface area contributed by atoms with E-state index in [1.165, 1.54) is 0 Å². The first-order valence-electron chi connectivity index (χ1n) is 9.05. The topological polar surface area (TPSA) is 76.1 Å². The number of benzene rings is 3. The Labute approximate surface area is 169 Å². The van der Waals surface area contributed by atoms with Crippen molar-refractivity contribution < 1.29 is 13.2 Å². The van der Waals surface area contributed by atoms with E-state index in [1.807, 2.05) is 12.1 Å². The molecule has 0 radical (unpaired) electrons. The summed E-state index contributed by atoms with van der Waals surface area (Å²) in [6.07, 6.45) is 3.43. The highest BCUT2D eigenvalue weighted by atomic mass is 32.2. The van der Waals surface area contributed by atoms with Crippen LogP contribution in [0.25, 0.3) is 10.8 Å². The summed E-state index contributed by atoms with van der Waals surface area (Å²) in [5, 5.41) is 4.78. The summed E-state index contributed by atoms with van der Waals surface area (Å²) >= 11 is 0. The van der Waals surface area contributed by atoms with Gasteiger partial charge in [0.1, 0.15) is 0 Å². The number of hydrogen-bond acceptors (Lipinski definition) is 4. The van der Waals surface area contributed by atoms with Gasteiger partial charge in [-0.15, -0.1) is 0 Å². The van der Waals surface area contributed by atoms with E-state index in [1.54, 1.807) is 79.1 Å². The molecule has 0 saturated carbocycles. The molecule has 0 aliphatic carbocycles. The molecule has 0 atom stereocenters. The number of fused-ring (bicyclic) bond motifs is 1. The van der Waals surface area contributed by atoms with Gasteiger partial charge in [-0.2, -0.15) is 0 Å². The predicted octanol–water partition coefficient (Wildman–Crippen LogP) is 4.00. The van der Waals surface area contributed by atoms with Gasteiger partial charge in [0.2, 0.25) is 9.84 Å². The number of nitrogens with one attached hydrogen (secondary N) is 1. The minimum atomic E-state index is -3.54. The molecule has 1 amide bonds. The minimum absolute atomic E-state index is 0.197. The molecule has 144 valence electrons. The number of carbonyl (C=O) groups is 1. The van der Waals surface area contributed by atoms with Crippen molar-refractivity contribution in [3.63, 3.8) is 0 Å². The molecule has 29 heavy (non-hydrogen) atoms. The number of aromatic nitrogens is 1. The first-order chi connectivity index (χ1) is 14.0. The molecule has 6 heteroatoms. The van der Waals surface area contributed by atoms with E-state index in [2.05, 4.69) is 10.3 Å². The second-order valence-corrected chi connectivity index (χ2v) is 8.53. The summed E-state index contributed by atoms with van der Waals surface area (Å²) in [4.78, 5) is 17.0. The average molecular weight is 402 g/mol. The molecule has 5 nitrogen and oxygen atoms in total. The van der Waals surface area contributed by atoms with Gasteiger partial charge in [0.05, 0.1) is 9.79 Å². The SMILES string of the molecule is O=C(NCc1ccc(S(=O)(=O)c2ccccc2)cc1)c1ccc2ccncc2c1. The Morgan fingerprint density at radius 3 is 2.31 bits per heavy atom. The molecule has 0 spiro atoms. The monoisotopic (exact) mass is 402 g/mol. The number of rotatable bonds is 5. The first-order valence-corrected chi connectivity index (χ1v) is 10.5. The Bertz CT molecular complexity index is 1270. The van der Waals surface area contributed by atoms with Crippen LogP contribution in [0.5, 0.6) is 0 Å². The summed E-state index contributed by atoms with van der Waals surface area (Å²) in [6.45, 7) is 0.301. The van der Waals surface area contributed by atoms with Crippen molar-refractivity contribution in [2.24, 2.45) is 0 Å². The molecule has 3 aromatic carbocycles. The van der Waals surface area contributed by atoms with E-state index < -0.39 is 9.84 Å². The number of nitrogens with zero attached hydrogens (tertiary/aromatic N) is 1. The predicted molar refractivity (Wildman–Crippen MR) is 111 cm³/mol. The van der Waals surface area contributed by atoms with Crippen molar-refractivity contribution in [3.8, 4) is 0 Å². The molecule has 1 N–H and O–H groups in total. The van der Waals surface area contributed by atoms with Crippen LogP contribution >= 0.6 is 0 Å². The van der Waals surface area contributed by atoms with Crippen molar-refractivity contribution in [1.29, 1.82) is 0 Å². The Hall–Kier alpha value is -3.51. The van der Waals surface area contributed by atoms with Crippen LogP contribution in [0, 0.1) is 0 Å². The second kappa shape index (κ2) is 7.85.